The minimum Gasteiger partial charge on any atom is -0.498 e. The summed E-state index contributed by atoms with van der Waals surface area (Å²) in [5.74, 6) is 1.15. The minimum absolute atomic E-state index is 0.0656. The number of hydrogen-bond acceptors (Lipinski definition) is 5. The van der Waals surface area contributed by atoms with Crippen molar-refractivity contribution < 1.29 is 4.79 Å². The fourth-order valence-corrected chi connectivity index (χ4v) is 3.29. The van der Waals surface area contributed by atoms with Crippen molar-refractivity contribution in [2.24, 2.45) is 5.92 Å². The smallest absolute Gasteiger partial charge is 0.308 e. The molecule has 0 unspecified atom stereocenters. The molecule has 2 aromatic rings. The summed E-state index contributed by atoms with van der Waals surface area (Å²) < 4.78 is 0. The summed E-state index contributed by atoms with van der Waals surface area (Å²) in [6, 6.07) is 4.29. The van der Waals surface area contributed by atoms with Crippen LogP contribution >= 0.6 is 0 Å². The number of carbonyl (C=O) groups excluding carboxylic acids is 1. The Morgan fingerprint density at radius 3 is 3.21 bits per heavy atom. The van der Waals surface area contributed by atoms with Crippen molar-refractivity contribution in [2.75, 3.05) is 25.0 Å². The van der Waals surface area contributed by atoms with E-state index in [1.807, 2.05) is 19.3 Å². The number of rotatable bonds is 3. The first-order chi connectivity index (χ1) is 11.6. The van der Waals surface area contributed by atoms with Gasteiger partial charge in [-0.2, -0.15) is 0 Å². The topological polar surface area (TPSA) is 92.5 Å². The molecule has 1 N–H and O–H groups in total. The SMILES string of the molecule is C[C@@H]1CCN(C(=O)CC#[N+][O-])C[C@@H]1N(C)c1ncnc2[nH]ccc12. The number of aromatic amines is 1. The van der Waals surface area contributed by atoms with Gasteiger partial charge >= 0.3 is 6.07 Å². The van der Waals surface area contributed by atoms with Crippen molar-refractivity contribution >= 4 is 22.8 Å². The van der Waals surface area contributed by atoms with E-state index in [4.69, 9.17) is 0 Å². The van der Waals surface area contributed by atoms with Crippen LogP contribution in [-0.2, 0) is 4.79 Å². The van der Waals surface area contributed by atoms with E-state index in [0.717, 1.165) is 23.3 Å². The molecule has 3 rings (SSSR count). The zero-order valence-corrected chi connectivity index (χ0v) is 13.8. The van der Waals surface area contributed by atoms with Gasteiger partial charge in [0.05, 0.1) is 11.4 Å². The quantitative estimate of drug-likeness (QED) is 0.868. The van der Waals surface area contributed by atoms with Crippen LogP contribution in [0.4, 0.5) is 5.82 Å². The molecule has 0 saturated carbocycles. The summed E-state index contributed by atoms with van der Waals surface area (Å²) in [6.45, 7) is 3.46. The summed E-state index contributed by atoms with van der Waals surface area (Å²) in [5, 5.41) is 13.6. The largest absolute Gasteiger partial charge is 0.498 e. The van der Waals surface area contributed by atoms with E-state index in [2.05, 4.69) is 37.9 Å². The summed E-state index contributed by atoms with van der Waals surface area (Å²) in [4.78, 5) is 27.8. The van der Waals surface area contributed by atoms with Crippen LogP contribution in [0.25, 0.3) is 16.0 Å². The highest BCUT2D eigenvalue weighted by Crippen LogP contribution is 2.28. The number of H-pyrrole nitrogens is 1. The number of piperidine rings is 1. The van der Waals surface area contributed by atoms with E-state index < -0.39 is 0 Å². The molecule has 1 saturated heterocycles. The van der Waals surface area contributed by atoms with Gasteiger partial charge in [-0.25, -0.2) is 9.97 Å². The standard InChI is InChI=1S/C16H20N6O2/c1-11-5-8-22(14(23)4-7-20-24)9-13(11)21(2)16-12-3-6-17-15(12)18-10-19-16/h3,6,10-11,13H,4-5,8-9H2,1-2H3,(H,17,18,19)/t11-,13+/m1/s1. The molecule has 24 heavy (non-hydrogen) atoms. The molecule has 1 fully saturated rings. The first kappa shape index (κ1) is 16.1. The molecule has 126 valence electrons. The Morgan fingerprint density at radius 1 is 1.58 bits per heavy atom. The second-order valence-electron chi connectivity index (χ2n) is 6.15. The Kier molecular flexibility index (Phi) is 4.51. The van der Waals surface area contributed by atoms with E-state index in [-0.39, 0.29) is 18.4 Å². The molecule has 0 aliphatic carbocycles. The van der Waals surface area contributed by atoms with E-state index in [1.54, 1.807) is 11.2 Å². The molecule has 1 aliphatic heterocycles. The molecule has 0 spiro atoms. The molecule has 8 nitrogen and oxygen atoms in total. The summed E-state index contributed by atoms with van der Waals surface area (Å²) in [6.07, 6.45) is 4.22. The lowest BCUT2D eigenvalue weighted by molar-refractivity contribution is -0.131. The lowest BCUT2D eigenvalue weighted by Gasteiger charge is -2.42. The Labute approximate surface area is 139 Å². The van der Waals surface area contributed by atoms with Crippen LogP contribution in [0.3, 0.4) is 0 Å². The van der Waals surface area contributed by atoms with Crippen molar-refractivity contribution in [3.8, 4) is 6.07 Å². The highest BCUT2D eigenvalue weighted by molar-refractivity contribution is 5.87. The predicted octanol–water partition coefficient (Wildman–Crippen LogP) is 1.85. The van der Waals surface area contributed by atoms with Gasteiger partial charge in [0.1, 0.15) is 17.8 Å². The molecule has 0 bridgehead atoms. The monoisotopic (exact) mass is 328 g/mol. The summed E-state index contributed by atoms with van der Waals surface area (Å²) in [7, 11) is 2.00. The van der Waals surface area contributed by atoms with Crippen LogP contribution < -0.4 is 4.90 Å². The van der Waals surface area contributed by atoms with Crippen molar-refractivity contribution in [1.29, 1.82) is 0 Å². The van der Waals surface area contributed by atoms with Crippen LogP contribution in [0.5, 0.6) is 0 Å². The second kappa shape index (κ2) is 6.74. The third-order valence-electron chi connectivity index (χ3n) is 4.73. The maximum absolute atomic E-state index is 12.2. The molecule has 2 atom stereocenters. The fourth-order valence-electron chi connectivity index (χ4n) is 3.29. The number of fused-ring (bicyclic) bond motifs is 1. The number of nitrogens with one attached hydrogen (secondary N) is 1. The van der Waals surface area contributed by atoms with Gasteiger partial charge in [0, 0.05) is 31.3 Å². The fraction of sp³-hybridized carbons (Fsp3) is 0.500. The van der Waals surface area contributed by atoms with Gasteiger partial charge in [-0.05, 0) is 18.4 Å². The van der Waals surface area contributed by atoms with Crippen molar-refractivity contribution in [2.45, 2.75) is 25.8 Å². The molecule has 3 heterocycles. The van der Waals surface area contributed by atoms with Gasteiger partial charge in [-0.3, -0.25) is 4.79 Å². The van der Waals surface area contributed by atoms with Gasteiger partial charge in [0.2, 0.25) is 5.91 Å². The number of aromatic nitrogens is 3. The number of carbonyl (C=O) groups is 1. The van der Waals surface area contributed by atoms with Gasteiger partial charge < -0.3 is 20.0 Å². The zero-order valence-electron chi connectivity index (χ0n) is 13.8. The lowest BCUT2D eigenvalue weighted by Crippen LogP contribution is -2.52. The Balaban J connectivity index is 1.82. The molecular weight excluding hydrogens is 308 g/mol. The Hall–Kier alpha value is -2.82. The zero-order chi connectivity index (χ0) is 17.1. The third-order valence-corrected chi connectivity index (χ3v) is 4.73. The normalized spacial score (nSPS) is 20.5. The van der Waals surface area contributed by atoms with Gasteiger partial charge in [-0.15, -0.1) is 0 Å². The second-order valence-corrected chi connectivity index (χ2v) is 6.15. The van der Waals surface area contributed by atoms with Crippen molar-refractivity contribution in [1.82, 2.24) is 19.9 Å². The third kappa shape index (κ3) is 2.97. The van der Waals surface area contributed by atoms with E-state index >= 15 is 0 Å². The maximum Gasteiger partial charge on any atom is 0.308 e. The Bertz CT molecular complexity index is 792. The van der Waals surface area contributed by atoms with Crippen LogP contribution in [-0.4, -0.2) is 51.9 Å². The molecular formula is C16H20N6O2. The number of likely N-dealkylation sites (tertiary alicyclic amines) is 1. The van der Waals surface area contributed by atoms with Crippen molar-refractivity contribution in [3.05, 3.63) is 28.8 Å². The average Bonchev–Trinajstić information content (AvgIpc) is 3.08. The predicted molar refractivity (Wildman–Crippen MR) is 91.7 cm³/mol. The van der Waals surface area contributed by atoms with Crippen molar-refractivity contribution in [3.63, 3.8) is 0 Å². The first-order valence-electron chi connectivity index (χ1n) is 7.95. The van der Waals surface area contributed by atoms with E-state index in [9.17, 15) is 10.0 Å². The van der Waals surface area contributed by atoms with Crippen LogP contribution in [0.2, 0.25) is 0 Å². The summed E-state index contributed by atoms with van der Waals surface area (Å²) >= 11 is 0. The van der Waals surface area contributed by atoms with E-state index in [0.29, 0.717) is 19.0 Å². The van der Waals surface area contributed by atoms with Gasteiger partial charge in [-0.1, -0.05) is 6.92 Å². The average molecular weight is 328 g/mol. The van der Waals surface area contributed by atoms with Crippen LogP contribution in [0, 0.1) is 17.2 Å². The number of likely N-dealkylation sites (N-methyl/N-ethyl adjacent to an activating group) is 1. The van der Waals surface area contributed by atoms with Gasteiger partial charge in [0.15, 0.2) is 6.42 Å². The molecule has 1 aliphatic rings. The Morgan fingerprint density at radius 2 is 2.42 bits per heavy atom. The molecule has 0 aromatic carbocycles. The van der Waals surface area contributed by atoms with Gasteiger partial charge in [0.25, 0.3) is 0 Å². The highest BCUT2D eigenvalue weighted by atomic mass is 16.4. The minimum atomic E-state index is -0.116. The summed E-state index contributed by atoms with van der Waals surface area (Å²) in [5.41, 5.74) is 0.796. The maximum atomic E-state index is 12.2. The highest BCUT2D eigenvalue weighted by Gasteiger charge is 2.32. The van der Waals surface area contributed by atoms with Crippen LogP contribution in [0.15, 0.2) is 18.6 Å². The molecule has 8 heteroatoms. The number of anilines is 1. The molecule has 2 aromatic heterocycles. The number of hydrogen-bond donors (Lipinski definition) is 1. The molecule has 0 radical (unpaired) electrons. The lowest BCUT2D eigenvalue weighted by atomic mass is 9.92. The van der Waals surface area contributed by atoms with E-state index in [1.165, 1.54) is 0 Å². The first-order valence-corrected chi connectivity index (χ1v) is 7.95. The van der Waals surface area contributed by atoms with Crippen LogP contribution in [0.1, 0.15) is 19.8 Å². The number of nitrogens with zero attached hydrogens (tertiary/aromatic N) is 5. The number of amides is 1. The molecule has 1 amide bonds.